The smallest absolute Gasteiger partial charge is 0.242 e. The molecule has 2 rings (SSSR count). The lowest BCUT2D eigenvalue weighted by atomic mass is 10.0. The molecule has 5 heteroatoms. The van der Waals surface area contributed by atoms with Gasteiger partial charge in [-0.15, -0.1) is 0 Å². The Morgan fingerprint density at radius 2 is 1.87 bits per heavy atom. The van der Waals surface area contributed by atoms with E-state index in [0.29, 0.717) is 12.5 Å². The summed E-state index contributed by atoms with van der Waals surface area (Å²) < 4.78 is 0. The molecular weight excluding hydrogens is 290 g/mol. The first-order chi connectivity index (χ1) is 11.0. The maximum atomic E-state index is 12.3. The molecule has 126 valence electrons. The van der Waals surface area contributed by atoms with Crippen LogP contribution >= 0.6 is 0 Å². The van der Waals surface area contributed by atoms with E-state index in [1.807, 2.05) is 44.2 Å². The molecule has 1 aliphatic carbocycles. The van der Waals surface area contributed by atoms with Gasteiger partial charge < -0.3 is 16.4 Å². The lowest BCUT2D eigenvalue weighted by molar-refractivity contribution is -0.129. The molecule has 0 radical (unpaired) electrons. The Kier molecular flexibility index (Phi) is 6.16. The van der Waals surface area contributed by atoms with Crippen LogP contribution in [0.3, 0.4) is 0 Å². The molecule has 1 fully saturated rings. The van der Waals surface area contributed by atoms with E-state index in [9.17, 15) is 9.59 Å². The van der Waals surface area contributed by atoms with Crippen molar-refractivity contribution in [1.29, 1.82) is 0 Å². The van der Waals surface area contributed by atoms with Crippen LogP contribution in [0, 0.1) is 11.8 Å². The summed E-state index contributed by atoms with van der Waals surface area (Å²) in [6.45, 7) is 4.32. The number of amides is 2. The monoisotopic (exact) mass is 317 g/mol. The maximum Gasteiger partial charge on any atom is 0.242 e. The number of hydrogen-bond donors (Lipinski definition) is 3. The molecule has 0 bridgehead atoms. The van der Waals surface area contributed by atoms with Crippen LogP contribution in [-0.2, 0) is 16.0 Å². The van der Waals surface area contributed by atoms with Gasteiger partial charge in [0, 0.05) is 12.6 Å². The van der Waals surface area contributed by atoms with Gasteiger partial charge in [-0.2, -0.15) is 0 Å². The van der Waals surface area contributed by atoms with Crippen molar-refractivity contribution in [1.82, 2.24) is 10.6 Å². The second-order valence-electron chi connectivity index (χ2n) is 6.70. The molecule has 0 aromatic heterocycles. The fraction of sp³-hybridized carbons (Fsp3) is 0.556. The number of nitrogens with one attached hydrogen (secondary N) is 2. The second-order valence-corrected chi connectivity index (χ2v) is 6.70. The molecule has 0 heterocycles. The summed E-state index contributed by atoms with van der Waals surface area (Å²) in [4.78, 5) is 24.5. The summed E-state index contributed by atoms with van der Waals surface area (Å²) in [5.41, 5.74) is 6.94. The van der Waals surface area contributed by atoms with Gasteiger partial charge in [-0.1, -0.05) is 44.2 Å². The zero-order chi connectivity index (χ0) is 16.8. The van der Waals surface area contributed by atoms with E-state index in [4.69, 9.17) is 5.73 Å². The first-order valence-corrected chi connectivity index (χ1v) is 8.34. The molecule has 0 spiro atoms. The van der Waals surface area contributed by atoms with Crippen LogP contribution in [0.2, 0.25) is 0 Å². The molecule has 2 atom stereocenters. The summed E-state index contributed by atoms with van der Waals surface area (Å²) in [7, 11) is 0. The molecule has 1 aromatic rings. The first-order valence-electron chi connectivity index (χ1n) is 8.34. The molecule has 2 amide bonds. The SMILES string of the molecule is CC(C)C(NC(=O)Cc1ccccc1)C(=O)NCC(N)C1CC1. The molecule has 1 aromatic carbocycles. The van der Waals surface area contributed by atoms with Gasteiger partial charge in [-0.05, 0) is 30.2 Å². The molecule has 0 aliphatic heterocycles. The molecule has 4 N–H and O–H groups in total. The van der Waals surface area contributed by atoms with Crippen LogP contribution in [0.5, 0.6) is 0 Å². The van der Waals surface area contributed by atoms with Crippen LogP contribution < -0.4 is 16.4 Å². The molecule has 5 nitrogen and oxygen atoms in total. The Hall–Kier alpha value is -1.88. The Morgan fingerprint density at radius 1 is 1.22 bits per heavy atom. The molecule has 1 saturated carbocycles. The van der Waals surface area contributed by atoms with Crippen molar-refractivity contribution in [2.24, 2.45) is 17.6 Å². The highest BCUT2D eigenvalue weighted by Crippen LogP contribution is 2.31. The largest absolute Gasteiger partial charge is 0.353 e. The quantitative estimate of drug-likeness (QED) is 0.674. The zero-order valence-electron chi connectivity index (χ0n) is 13.9. The fourth-order valence-corrected chi connectivity index (χ4v) is 2.56. The minimum Gasteiger partial charge on any atom is -0.353 e. The van der Waals surface area contributed by atoms with Gasteiger partial charge in [0.2, 0.25) is 11.8 Å². The highest BCUT2D eigenvalue weighted by Gasteiger charge is 2.30. The van der Waals surface area contributed by atoms with Crippen molar-refractivity contribution in [2.75, 3.05) is 6.54 Å². The van der Waals surface area contributed by atoms with E-state index in [-0.39, 0.29) is 30.2 Å². The van der Waals surface area contributed by atoms with Crippen LogP contribution in [0.1, 0.15) is 32.3 Å². The van der Waals surface area contributed by atoms with Gasteiger partial charge in [0.15, 0.2) is 0 Å². The van der Waals surface area contributed by atoms with Crippen LogP contribution in [0.25, 0.3) is 0 Å². The highest BCUT2D eigenvalue weighted by atomic mass is 16.2. The summed E-state index contributed by atoms with van der Waals surface area (Å²) in [5, 5.41) is 5.72. The third kappa shape index (κ3) is 5.67. The third-order valence-corrected chi connectivity index (χ3v) is 4.21. The van der Waals surface area contributed by atoms with Gasteiger partial charge in [-0.3, -0.25) is 9.59 Å². The number of nitrogens with two attached hydrogens (primary N) is 1. The predicted octanol–water partition coefficient (Wildman–Crippen LogP) is 1.22. The average Bonchev–Trinajstić information content (AvgIpc) is 3.35. The maximum absolute atomic E-state index is 12.3. The predicted molar refractivity (Wildman–Crippen MR) is 90.6 cm³/mol. The zero-order valence-corrected chi connectivity index (χ0v) is 13.9. The van der Waals surface area contributed by atoms with Crippen molar-refractivity contribution in [3.05, 3.63) is 35.9 Å². The van der Waals surface area contributed by atoms with Crippen LogP contribution in [-0.4, -0.2) is 30.4 Å². The number of benzene rings is 1. The molecule has 23 heavy (non-hydrogen) atoms. The lowest BCUT2D eigenvalue weighted by Gasteiger charge is -2.23. The van der Waals surface area contributed by atoms with E-state index >= 15 is 0 Å². The number of hydrogen-bond acceptors (Lipinski definition) is 3. The standard InChI is InChI=1S/C18H27N3O2/c1-12(2)17(18(23)20-11-15(19)14-8-9-14)21-16(22)10-13-6-4-3-5-7-13/h3-7,12,14-15,17H,8-11,19H2,1-2H3,(H,20,23)(H,21,22). The number of rotatable bonds is 8. The Morgan fingerprint density at radius 3 is 2.43 bits per heavy atom. The summed E-state index contributed by atoms with van der Waals surface area (Å²) >= 11 is 0. The summed E-state index contributed by atoms with van der Waals surface area (Å²) in [5.74, 6) is 0.265. The van der Waals surface area contributed by atoms with Crippen molar-refractivity contribution in [2.45, 2.75) is 45.2 Å². The fourth-order valence-electron chi connectivity index (χ4n) is 2.56. The lowest BCUT2D eigenvalue weighted by Crippen LogP contribution is -2.52. The van der Waals surface area contributed by atoms with Crippen molar-refractivity contribution < 1.29 is 9.59 Å². The van der Waals surface area contributed by atoms with Crippen molar-refractivity contribution in [3.8, 4) is 0 Å². The molecule has 0 saturated heterocycles. The van der Waals surface area contributed by atoms with E-state index in [2.05, 4.69) is 10.6 Å². The second kappa shape index (κ2) is 8.11. The Labute approximate surface area is 138 Å². The first kappa shape index (κ1) is 17.5. The molecule has 1 aliphatic rings. The topological polar surface area (TPSA) is 84.2 Å². The average molecular weight is 317 g/mol. The van der Waals surface area contributed by atoms with Crippen molar-refractivity contribution in [3.63, 3.8) is 0 Å². The Balaban J connectivity index is 1.84. The van der Waals surface area contributed by atoms with Crippen molar-refractivity contribution >= 4 is 11.8 Å². The number of carbonyl (C=O) groups excluding carboxylic acids is 2. The third-order valence-electron chi connectivity index (χ3n) is 4.21. The van der Waals surface area contributed by atoms with E-state index in [0.717, 1.165) is 18.4 Å². The molecule has 2 unspecified atom stereocenters. The Bertz CT molecular complexity index is 526. The highest BCUT2D eigenvalue weighted by molar-refractivity contribution is 5.88. The minimum atomic E-state index is -0.530. The minimum absolute atomic E-state index is 0.0202. The van der Waals surface area contributed by atoms with Gasteiger partial charge >= 0.3 is 0 Å². The van der Waals surface area contributed by atoms with Crippen LogP contribution in [0.4, 0.5) is 0 Å². The van der Waals surface area contributed by atoms with E-state index in [1.165, 1.54) is 0 Å². The van der Waals surface area contributed by atoms with E-state index in [1.54, 1.807) is 0 Å². The van der Waals surface area contributed by atoms with E-state index < -0.39 is 6.04 Å². The van der Waals surface area contributed by atoms with Gasteiger partial charge in [0.25, 0.3) is 0 Å². The van der Waals surface area contributed by atoms with Gasteiger partial charge in [-0.25, -0.2) is 0 Å². The summed E-state index contributed by atoms with van der Waals surface area (Å²) in [6.07, 6.45) is 2.58. The van der Waals surface area contributed by atoms with Gasteiger partial charge in [0.1, 0.15) is 6.04 Å². The van der Waals surface area contributed by atoms with Gasteiger partial charge in [0.05, 0.1) is 6.42 Å². The normalized spacial score (nSPS) is 16.7. The number of carbonyl (C=O) groups is 2. The summed E-state index contributed by atoms with van der Waals surface area (Å²) in [6, 6.07) is 9.00. The van der Waals surface area contributed by atoms with Crippen LogP contribution in [0.15, 0.2) is 30.3 Å². The molecular formula is C18H27N3O2.